The lowest BCUT2D eigenvalue weighted by Crippen LogP contribution is -2.30. The summed E-state index contributed by atoms with van der Waals surface area (Å²) in [5, 5.41) is 2.90. The van der Waals surface area contributed by atoms with Crippen LogP contribution in [0.5, 0.6) is 0 Å². The van der Waals surface area contributed by atoms with Gasteiger partial charge in [-0.05, 0) is 53.6 Å². The zero-order chi connectivity index (χ0) is 13.1. The highest BCUT2D eigenvalue weighted by Gasteiger charge is 2.30. The molecule has 1 aliphatic heterocycles. The highest BCUT2D eigenvalue weighted by Crippen LogP contribution is 2.25. The van der Waals surface area contributed by atoms with Crippen molar-refractivity contribution < 1.29 is 9.53 Å². The fourth-order valence-corrected chi connectivity index (χ4v) is 2.71. The van der Waals surface area contributed by atoms with Crippen LogP contribution in [0, 0.1) is 3.57 Å². The number of carbonyl (C=O) groups is 1. The quantitative estimate of drug-likeness (QED) is 0.732. The molecule has 0 saturated carbocycles. The molecule has 2 atom stereocenters. The van der Waals surface area contributed by atoms with Crippen molar-refractivity contribution in [3.8, 4) is 0 Å². The molecule has 1 aromatic rings. The molecular formula is C12H14BrIN2O2. The van der Waals surface area contributed by atoms with Gasteiger partial charge in [-0.15, -0.1) is 0 Å². The van der Waals surface area contributed by atoms with Gasteiger partial charge in [0.2, 0.25) is 0 Å². The third kappa shape index (κ3) is 3.43. The van der Waals surface area contributed by atoms with Gasteiger partial charge in [-0.2, -0.15) is 0 Å². The summed E-state index contributed by atoms with van der Waals surface area (Å²) in [5.41, 5.74) is 6.33. The van der Waals surface area contributed by atoms with E-state index >= 15 is 0 Å². The van der Waals surface area contributed by atoms with Crippen LogP contribution < -0.4 is 11.1 Å². The molecule has 0 bridgehead atoms. The predicted octanol–water partition coefficient (Wildman–Crippen LogP) is 2.50. The van der Waals surface area contributed by atoms with Gasteiger partial charge >= 0.3 is 0 Å². The summed E-state index contributed by atoms with van der Waals surface area (Å²) in [6.07, 6.45) is 1.22. The Balaban J connectivity index is 2.01. The second kappa shape index (κ2) is 6.31. The van der Waals surface area contributed by atoms with Crippen LogP contribution in [0.3, 0.4) is 0 Å². The molecule has 1 fully saturated rings. The van der Waals surface area contributed by atoms with Crippen LogP contribution in [-0.4, -0.2) is 24.7 Å². The number of rotatable bonds is 3. The first-order chi connectivity index (χ1) is 8.60. The molecule has 18 heavy (non-hydrogen) atoms. The average molecular weight is 425 g/mol. The number of hydrogen-bond acceptors (Lipinski definition) is 3. The number of carbonyl (C=O) groups excluding carboxylic acids is 1. The summed E-state index contributed by atoms with van der Waals surface area (Å²) in [7, 11) is 0. The minimum absolute atomic E-state index is 0.0160. The Labute approximate surface area is 128 Å². The number of hydrogen-bond donors (Lipinski definition) is 2. The van der Waals surface area contributed by atoms with Gasteiger partial charge in [0.25, 0.3) is 5.91 Å². The van der Waals surface area contributed by atoms with E-state index in [4.69, 9.17) is 10.5 Å². The summed E-state index contributed by atoms with van der Waals surface area (Å²) in [6.45, 7) is 0.470. The van der Waals surface area contributed by atoms with E-state index in [0.717, 1.165) is 26.6 Å². The van der Waals surface area contributed by atoms with E-state index in [1.807, 2.05) is 18.2 Å². The molecule has 1 aromatic carbocycles. The van der Waals surface area contributed by atoms with E-state index in [9.17, 15) is 4.79 Å². The van der Waals surface area contributed by atoms with Gasteiger partial charge in [0.05, 0.1) is 11.8 Å². The molecule has 1 heterocycles. The molecule has 0 aliphatic carbocycles. The molecule has 98 valence electrons. The first-order valence-electron chi connectivity index (χ1n) is 5.71. The van der Waals surface area contributed by atoms with Gasteiger partial charge in [-0.25, -0.2) is 0 Å². The second-order valence-electron chi connectivity index (χ2n) is 4.17. The Kier molecular flexibility index (Phi) is 4.99. The van der Waals surface area contributed by atoms with Crippen molar-refractivity contribution in [3.05, 3.63) is 26.2 Å². The molecule has 2 unspecified atom stereocenters. The summed E-state index contributed by atoms with van der Waals surface area (Å²) in [4.78, 5) is 12.0. The van der Waals surface area contributed by atoms with Crippen molar-refractivity contribution in [1.29, 1.82) is 0 Å². The Morgan fingerprint density at radius 2 is 2.33 bits per heavy atom. The largest absolute Gasteiger partial charge is 0.364 e. The first-order valence-corrected chi connectivity index (χ1v) is 7.58. The zero-order valence-electron chi connectivity index (χ0n) is 9.66. The Morgan fingerprint density at radius 1 is 1.56 bits per heavy atom. The molecule has 4 nitrogen and oxygen atoms in total. The lowest BCUT2D eigenvalue weighted by molar-refractivity contribution is -0.126. The van der Waals surface area contributed by atoms with Gasteiger partial charge < -0.3 is 15.8 Å². The van der Waals surface area contributed by atoms with Crippen molar-refractivity contribution in [2.24, 2.45) is 5.73 Å². The van der Waals surface area contributed by atoms with E-state index in [1.54, 1.807) is 0 Å². The van der Waals surface area contributed by atoms with Crippen LogP contribution in [0.15, 0.2) is 22.7 Å². The first kappa shape index (κ1) is 14.2. The average Bonchev–Trinajstić information content (AvgIpc) is 2.82. The highest BCUT2D eigenvalue weighted by molar-refractivity contribution is 14.1. The topological polar surface area (TPSA) is 64.4 Å². The van der Waals surface area contributed by atoms with Gasteiger partial charge in [-0.3, -0.25) is 4.79 Å². The van der Waals surface area contributed by atoms with Crippen molar-refractivity contribution in [1.82, 2.24) is 0 Å². The smallest absolute Gasteiger partial charge is 0.253 e. The van der Waals surface area contributed by atoms with E-state index in [2.05, 4.69) is 43.8 Å². The second-order valence-corrected chi connectivity index (χ2v) is 6.25. The molecule has 1 saturated heterocycles. The van der Waals surface area contributed by atoms with Crippen LogP contribution in [0.2, 0.25) is 0 Å². The summed E-state index contributed by atoms with van der Waals surface area (Å²) < 4.78 is 7.50. The minimum Gasteiger partial charge on any atom is -0.364 e. The molecule has 1 aliphatic rings. The van der Waals surface area contributed by atoms with Gasteiger partial charge in [-0.1, -0.05) is 15.9 Å². The van der Waals surface area contributed by atoms with Crippen LogP contribution >= 0.6 is 38.5 Å². The molecule has 0 radical (unpaired) electrons. The molecule has 1 amide bonds. The van der Waals surface area contributed by atoms with Crippen molar-refractivity contribution in [2.45, 2.75) is 25.0 Å². The lowest BCUT2D eigenvalue weighted by Gasteiger charge is -2.13. The number of nitrogens with two attached hydrogens (primary N) is 1. The van der Waals surface area contributed by atoms with Gasteiger partial charge in [0.1, 0.15) is 6.10 Å². The van der Waals surface area contributed by atoms with Crippen LogP contribution in [0.1, 0.15) is 12.8 Å². The highest BCUT2D eigenvalue weighted by atomic mass is 127. The van der Waals surface area contributed by atoms with Crippen LogP contribution in [-0.2, 0) is 9.53 Å². The van der Waals surface area contributed by atoms with Crippen LogP contribution in [0.25, 0.3) is 0 Å². The fraction of sp³-hybridized carbons (Fsp3) is 0.417. The lowest BCUT2D eigenvalue weighted by atomic mass is 10.2. The maximum absolute atomic E-state index is 12.0. The summed E-state index contributed by atoms with van der Waals surface area (Å²) in [6, 6.07) is 5.77. The maximum atomic E-state index is 12.0. The van der Waals surface area contributed by atoms with E-state index in [0.29, 0.717) is 6.54 Å². The SMILES string of the molecule is NCC1CCC(C(=O)Nc2cc(Br)ccc2I)O1. The number of halogens is 2. The zero-order valence-corrected chi connectivity index (χ0v) is 13.4. The van der Waals surface area contributed by atoms with Crippen LogP contribution in [0.4, 0.5) is 5.69 Å². The Morgan fingerprint density at radius 3 is 3.00 bits per heavy atom. The maximum Gasteiger partial charge on any atom is 0.253 e. The van der Waals surface area contributed by atoms with Crippen molar-refractivity contribution >= 4 is 50.1 Å². The third-order valence-corrected chi connectivity index (χ3v) is 4.28. The van der Waals surface area contributed by atoms with Crippen molar-refractivity contribution in [3.63, 3.8) is 0 Å². The number of anilines is 1. The van der Waals surface area contributed by atoms with E-state index < -0.39 is 0 Å². The standard InChI is InChI=1S/C12H14BrIN2O2/c13-7-1-3-9(14)10(5-7)16-12(17)11-4-2-8(6-15)18-11/h1,3,5,8,11H,2,4,6,15H2,(H,16,17). The Bertz CT molecular complexity index is 456. The van der Waals surface area contributed by atoms with Gasteiger partial charge in [0, 0.05) is 14.6 Å². The van der Waals surface area contributed by atoms with Crippen molar-refractivity contribution in [2.75, 3.05) is 11.9 Å². The summed E-state index contributed by atoms with van der Waals surface area (Å²) >= 11 is 5.58. The van der Waals surface area contributed by atoms with E-state index in [1.165, 1.54) is 0 Å². The molecular weight excluding hydrogens is 411 g/mol. The number of benzene rings is 1. The number of nitrogens with one attached hydrogen (secondary N) is 1. The minimum atomic E-state index is -0.381. The molecule has 3 N–H and O–H groups in total. The fourth-order valence-electron chi connectivity index (χ4n) is 1.88. The third-order valence-electron chi connectivity index (χ3n) is 2.85. The number of ether oxygens (including phenoxy) is 1. The molecule has 2 rings (SSSR count). The van der Waals surface area contributed by atoms with Gasteiger partial charge in [0.15, 0.2) is 0 Å². The Hall–Kier alpha value is -0.180. The normalized spacial score (nSPS) is 23.1. The molecule has 0 aromatic heterocycles. The predicted molar refractivity (Wildman–Crippen MR) is 82.4 cm³/mol. The number of amides is 1. The molecule has 6 heteroatoms. The molecule has 0 spiro atoms. The monoisotopic (exact) mass is 424 g/mol. The summed E-state index contributed by atoms with van der Waals surface area (Å²) in [5.74, 6) is -0.0954. The van der Waals surface area contributed by atoms with E-state index in [-0.39, 0.29) is 18.1 Å².